The molecule has 0 heterocycles. The monoisotopic (exact) mass is 384 g/mol. The number of thioether (sulfide) groups is 1. The lowest BCUT2D eigenvalue weighted by Crippen LogP contribution is -2.17. The number of rotatable bonds is 6. The summed E-state index contributed by atoms with van der Waals surface area (Å²) < 4.78 is 27.7. The van der Waals surface area contributed by atoms with Crippen molar-refractivity contribution in [1.82, 2.24) is 0 Å². The number of carbonyl (C=O) groups is 1. The van der Waals surface area contributed by atoms with Gasteiger partial charge in [-0.15, -0.1) is 0 Å². The molecule has 128 valence electrons. The summed E-state index contributed by atoms with van der Waals surface area (Å²) in [5, 5.41) is 3.21. The van der Waals surface area contributed by atoms with Crippen molar-refractivity contribution in [3.63, 3.8) is 0 Å². The van der Waals surface area contributed by atoms with Crippen LogP contribution in [0.15, 0.2) is 47.4 Å². The Balaban J connectivity index is 2.28. The van der Waals surface area contributed by atoms with Crippen LogP contribution in [0.5, 0.6) is 0 Å². The van der Waals surface area contributed by atoms with E-state index in [1.54, 1.807) is 43.3 Å². The number of aryl methyl sites for hydroxylation is 1. The first-order chi connectivity index (χ1) is 11.3. The molecule has 0 unspecified atom stereocenters. The summed E-state index contributed by atoms with van der Waals surface area (Å²) in [4.78, 5) is 11.8. The van der Waals surface area contributed by atoms with Crippen molar-refractivity contribution < 1.29 is 13.2 Å². The van der Waals surface area contributed by atoms with Gasteiger partial charge in [-0.05, 0) is 55.1 Å². The van der Waals surface area contributed by atoms with E-state index >= 15 is 0 Å². The third-order valence-corrected chi connectivity index (χ3v) is 5.46. The normalized spacial score (nSPS) is 11.1. The molecule has 24 heavy (non-hydrogen) atoms. The second-order valence-corrected chi connectivity index (χ2v) is 8.03. The van der Waals surface area contributed by atoms with Gasteiger partial charge in [-0.2, -0.15) is 11.8 Å². The highest BCUT2D eigenvalue weighted by Crippen LogP contribution is 2.23. The first-order valence-corrected chi connectivity index (χ1v) is 10.2. The zero-order valence-corrected chi connectivity index (χ0v) is 15.6. The van der Waals surface area contributed by atoms with E-state index in [0.29, 0.717) is 27.7 Å². The van der Waals surface area contributed by atoms with Crippen molar-refractivity contribution in [2.45, 2.75) is 11.8 Å². The molecule has 0 aliphatic heterocycles. The molecule has 0 spiro atoms. The summed E-state index contributed by atoms with van der Waals surface area (Å²) in [7, 11) is -3.78. The van der Waals surface area contributed by atoms with Gasteiger partial charge in [0.25, 0.3) is 10.0 Å². The van der Waals surface area contributed by atoms with Crippen molar-refractivity contribution in [3.05, 3.63) is 53.1 Å². The summed E-state index contributed by atoms with van der Waals surface area (Å²) in [5.41, 5.74) is 1.44. The maximum Gasteiger partial charge on any atom is 0.262 e. The molecule has 0 aliphatic rings. The van der Waals surface area contributed by atoms with Crippen LogP contribution in [0.1, 0.15) is 5.56 Å². The van der Waals surface area contributed by atoms with Gasteiger partial charge >= 0.3 is 0 Å². The van der Waals surface area contributed by atoms with Crippen molar-refractivity contribution >= 4 is 50.7 Å². The number of sulfonamides is 1. The number of halogens is 1. The molecule has 2 N–H and O–H groups in total. The number of carbonyl (C=O) groups excluding carboxylic acids is 1. The van der Waals surface area contributed by atoms with Gasteiger partial charge in [-0.1, -0.05) is 17.7 Å². The molecule has 1 amide bonds. The largest absolute Gasteiger partial charge is 0.325 e. The number of nitrogens with one attached hydrogen (secondary N) is 2. The lowest BCUT2D eigenvalue weighted by Gasteiger charge is -2.12. The van der Waals surface area contributed by atoms with E-state index in [1.807, 2.05) is 6.26 Å². The van der Waals surface area contributed by atoms with Gasteiger partial charge in [0.15, 0.2) is 0 Å². The maximum absolute atomic E-state index is 12.6. The summed E-state index contributed by atoms with van der Waals surface area (Å²) >= 11 is 7.19. The van der Waals surface area contributed by atoms with Gasteiger partial charge in [-0.3, -0.25) is 9.52 Å². The van der Waals surface area contributed by atoms with Crippen LogP contribution in [0.25, 0.3) is 0 Å². The minimum Gasteiger partial charge on any atom is -0.325 e. The van der Waals surface area contributed by atoms with Crippen LogP contribution in [0, 0.1) is 6.92 Å². The molecule has 0 atom stereocenters. The molecule has 0 fully saturated rings. The fraction of sp³-hybridized carbons (Fsp3) is 0.188. The Kier molecular flexibility index (Phi) is 6.15. The van der Waals surface area contributed by atoms with Crippen LogP contribution in [0.2, 0.25) is 5.02 Å². The number of amides is 1. The molecule has 0 bridgehead atoms. The lowest BCUT2D eigenvalue weighted by atomic mass is 10.2. The molecule has 2 aromatic carbocycles. The molecule has 0 saturated carbocycles. The topological polar surface area (TPSA) is 75.3 Å². The second kappa shape index (κ2) is 7.92. The van der Waals surface area contributed by atoms with Gasteiger partial charge in [-0.25, -0.2) is 8.42 Å². The number of benzene rings is 2. The van der Waals surface area contributed by atoms with E-state index < -0.39 is 10.0 Å². The summed E-state index contributed by atoms with van der Waals surface area (Å²) in [6.45, 7) is 1.70. The second-order valence-electron chi connectivity index (χ2n) is 5.07. The Bertz CT molecular complexity index is 837. The summed E-state index contributed by atoms with van der Waals surface area (Å²) in [6, 6.07) is 11.2. The smallest absolute Gasteiger partial charge is 0.262 e. The van der Waals surface area contributed by atoms with Crippen molar-refractivity contribution in [1.29, 1.82) is 0 Å². The quantitative estimate of drug-likeness (QED) is 0.795. The van der Waals surface area contributed by atoms with Crippen LogP contribution in [-0.2, 0) is 14.8 Å². The van der Waals surface area contributed by atoms with Crippen molar-refractivity contribution in [3.8, 4) is 0 Å². The molecule has 2 aromatic rings. The Labute approximate surface area is 150 Å². The van der Waals surface area contributed by atoms with Crippen molar-refractivity contribution in [2.24, 2.45) is 0 Å². The number of anilines is 2. The highest BCUT2D eigenvalue weighted by Gasteiger charge is 2.18. The minimum atomic E-state index is -3.78. The SMILES string of the molecule is CSCC(=O)Nc1ccc(C)c(S(=O)(=O)Nc2ccc(Cl)cc2)c1. The van der Waals surface area contributed by atoms with Gasteiger partial charge < -0.3 is 5.32 Å². The zero-order chi connectivity index (χ0) is 17.7. The predicted molar refractivity (Wildman–Crippen MR) is 100 cm³/mol. The Morgan fingerprint density at radius 3 is 2.38 bits per heavy atom. The molecule has 8 heteroatoms. The third kappa shape index (κ3) is 4.90. The van der Waals surface area contributed by atoms with E-state index in [9.17, 15) is 13.2 Å². The molecule has 2 rings (SSSR count). The third-order valence-electron chi connectivity index (χ3n) is 3.13. The standard InChI is InChI=1S/C16H17ClN2O3S2/c1-11-3-6-14(18-16(20)10-23-2)9-15(11)24(21,22)19-13-7-4-12(17)5-8-13/h3-9,19H,10H2,1-2H3,(H,18,20). The van der Waals surface area contributed by atoms with Gasteiger partial charge in [0.1, 0.15) is 0 Å². The average Bonchev–Trinajstić information content (AvgIpc) is 2.51. The van der Waals surface area contributed by atoms with Crippen LogP contribution in [0.4, 0.5) is 11.4 Å². The van der Waals surface area contributed by atoms with E-state index in [2.05, 4.69) is 10.0 Å². The molecule has 5 nitrogen and oxygen atoms in total. The van der Waals surface area contributed by atoms with Gasteiger partial charge in [0.05, 0.1) is 10.6 Å². The highest BCUT2D eigenvalue weighted by atomic mass is 35.5. The van der Waals surface area contributed by atoms with E-state index in [1.165, 1.54) is 17.8 Å². The van der Waals surface area contributed by atoms with Crippen LogP contribution >= 0.6 is 23.4 Å². The molecule has 0 radical (unpaired) electrons. The molecule has 0 saturated heterocycles. The van der Waals surface area contributed by atoms with E-state index in [-0.39, 0.29) is 10.8 Å². The van der Waals surface area contributed by atoms with E-state index in [4.69, 9.17) is 11.6 Å². The Morgan fingerprint density at radius 2 is 1.75 bits per heavy atom. The van der Waals surface area contributed by atoms with Gasteiger partial charge in [0.2, 0.25) is 5.91 Å². The predicted octanol–water partition coefficient (Wildman–Crippen LogP) is 3.75. The number of hydrogen-bond donors (Lipinski definition) is 2. The fourth-order valence-electron chi connectivity index (χ4n) is 2.02. The van der Waals surface area contributed by atoms with Crippen LogP contribution in [0.3, 0.4) is 0 Å². The molecule has 0 aromatic heterocycles. The Morgan fingerprint density at radius 1 is 1.12 bits per heavy atom. The minimum absolute atomic E-state index is 0.111. The summed E-state index contributed by atoms with van der Waals surface area (Å²) in [6.07, 6.45) is 1.82. The lowest BCUT2D eigenvalue weighted by molar-refractivity contribution is -0.113. The maximum atomic E-state index is 12.6. The van der Waals surface area contributed by atoms with Gasteiger partial charge in [0, 0.05) is 16.4 Å². The summed E-state index contributed by atoms with van der Waals surface area (Å²) in [5.74, 6) is 0.124. The first kappa shape index (κ1) is 18.6. The molecular weight excluding hydrogens is 368 g/mol. The zero-order valence-electron chi connectivity index (χ0n) is 13.2. The van der Waals surface area contributed by atoms with Crippen molar-refractivity contribution in [2.75, 3.05) is 22.0 Å². The number of hydrogen-bond acceptors (Lipinski definition) is 4. The fourth-order valence-corrected chi connectivity index (χ4v) is 3.81. The molecular formula is C16H17ClN2O3S2. The van der Waals surface area contributed by atoms with Crippen LogP contribution < -0.4 is 10.0 Å². The average molecular weight is 385 g/mol. The van der Waals surface area contributed by atoms with Crippen LogP contribution in [-0.4, -0.2) is 26.3 Å². The first-order valence-electron chi connectivity index (χ1n) is 6.99. The van der Waals surface area contributed by atoms with E-state index in [0.717, 1.165) is 0 Å². The Hall–Kier alpha value is -1.70. The molecule has 0 aliphatic carbocycles. The highest BCUT2D eigenvalue weighted by molar-refractivity contribution is 7.99.